The Morgan fingerprint density at radius 1 is 1.39 bits per heavy atom. The first-order valence-electron chi connectivity index (χ1n) is 5.46. The molecule has 0 spiro atoms. The van der Waals surface area contributed by atoms with E-state index in [4.69, 9.17) is 15.2 Å². The van der Waals surface area contributed by atoms with Gasteiger partial charge in [-0.2, -0.15) is 5.10 Å². The number of aryl methyl sites for hydroxylation is 1. The summed E-state index contributed by atoms with van der Waals surface area (Å²) in [7, 11) is 1.81. The van der Waals surface area contributed by atoms with E-state index >= 15 is 0 Å². The molecule has 1 aromatic carbocycles. The van der Waals surface area contributed by atoms with Crippen molar-refractivity contribution in [2.45, 2.75) is 6.92 Å². The second-order valence-electron chi connectivity index (χ2n) is 4.16. The van der Waals surface area contributed by atoms with E-state index in [2.05, 4.69) is 21.0 Å². The third-order valence-corrected chi connectivity index (χ3v) is 4.12. The molecule has 0 saturated carbocycles. The van der Waals surface area contributed by atoms with Gasteiger partial charge >= 0.3 is 0 Å². The van der Waals surface area contributed by atoms with Crippen molar-refractivity contribution in [3.8, 4) is 22.6 Å². The Morgan fingerprint density at radius 2 is 2.17 bits per heavy atom. The van der Waals surface area contributed by atoms with E-state index in [0.717, 1.165) is 32.7 Å². The summed E-state index contributed by atoms with van der Waals surface area (Å²) in [6.07, 6.45) is 1.75. The highest BCUT2D eigenvalue weighted by Crippen LogP contribution is 2.45. The van der Waals surface area contributed by atoms with Gasteiger partial charge < -0.3 is 15.2 Å². The number of aromatic nitrogens is 2. The Hall–Kier alpha value is -1.69. The van der Waals surface area contributed by atoms with Crippen LogP contribution >= 0.6 is 15.9 Å². The van der Waals surface area contributed by atoms with E-state index in [1.807, 2.05) is 20.0 Å². The fourth-order valence-electron chi connectivity index (χ4n) is 2.04. The van der Waals surface area contributed by atoms with Gasteiger partial charge in [0.1, 0.15) is 5.82 Å². The number of rotatable bonds is 1. The zero-order valence-electron chi connectivity index (χ0n) is 10.0. The molecule has 0 atom stereocenters. The van der Waals surface area contributed by atoms with Crippen LogP contribution in [0.3, 0.4) is 0 Å². The molecule has 2 heterocycles. The van der Waals surface area contributed by atoms with Crippen LogP contribution in [-0.4, -0.2) is 16.6 Å². The Labute approximate surface area is 113 Å². The molecule has 1 aliphatic rings. The quantitative estimate of drug-likeness (QED) is 0.879. The van der Waals surface area contributed by atoms with Crippen molar-refractivity contribution in [1.29, 1.82) is 0 Å². The number of hydrogen-bond acceptors (Lipinski definition) is 4. The summed E-state index contributed by atoms with van der Waals surface area (Å²) in [5.74, 6) is 2.15. The topological polar surface area (TPSA) is 62.3 Å². The van der Waals surface area contributed by atoms with E-state index < -0.39 is 0 Å². The molecule has 0 aliphatic carbocycles. The monoisotopic (exact) mass is 309 g/mol. The van der Waals surface area contributed by atoms with Crippen LogP contribution in [0, 0.1) is 6.92 Å². The molecule has 0 fully saturated rings. The molecule has 0 radical (unpaired) electrons. The van der Waals surface area contributed by atoms with Gasteiger partial charge in [-0.1, -0.05) is 0 Å². The van der Waals surface area contributed by atoms with E-state index in [-0.39, 0.29) is 6.79 Å². The van der Waals surface area contributed by atoms with Crippen molar-refractivity contribution in [1.82, 2.24) is 9.78 Å². The maximum atomic E-state index is 6.01. The molecule has 1 aromatic heterocycles. The normalized spacial score (nSPS) is 13.1. The first-order chi connectivity index (χ1) is 8.59. The summed E-state index contributed by atoms with van der Waals surface area (Å²) >= 11 is 3.59. The zero-order chi connectivity index (χ0) is 12.9. The molecule has 5 nitrogen and oxygen atoms in total. The van der Waals surface area contributed by atoms with E-state index in [1.165, 1.54) is 0 Å². The lowest BCUT2D eigenvalue weighted by molar-refractivity contribution is 0.173. The molecule has 3 rings (SSSR count). The first-order valence-corrected chi connectivity index (χ1v) is 6.25. The number of nitrogens with two attached hydrogens (primary N) is 1. The second kappa shape index (κ2) is 3.91. The van der Waals surface area contributed by atoms with Gasteiger partial charge in [-0.15, -0.1) is 0 Å². The fourth-order valence-corrected chi connectivity index (χ4v) is 2.54. The third kappa shape index (κ3) is 1.49. The van der Waals surface area contributed by atoms with Crippen molar-refractivity contribution in [3.05, 3.63) is 22.3 Å². The number of ether oxygens (including phenoxy) is 2. The maximum absolute atomic E-state index is 6.01. The summed E-state index contributed by atoms with van der Waals surface area (Å²) in [6, 6.07) is 1.92. The number of hydrogen-bond donors (Lipinski definition) is 1. The van der Waals surface area contributed by atoms with Gasteiger partial charge in [-0.3, -0.25) is 4.68 Å². The largest absolute Gasteiger partial charge is 0.454 e. The summed E-state index contributed by atoms with van der Waals surface area (Å²) in [4.78, 5) is 0. The number of fused-ring (bicyclic) bond motifs is 1. The molecule has 0 bridgehead atoms. The van der Waals surface area contributed by atoms with Crippen LogP contribution in [0.15, 0.2) is 16.7 Å². The summed E-state index contributed by atoms with van der Waals surface area (Å²) in [5, 5.41) is 4.16. The minimum atomic E-state index is 0.259. The molecule has 0 saturated heterocycles. The maximum Gasteiger partial charge on any atom is 0.231 e. The molecule has 2 N–H and O–H groups in total. The van der Waals surface area contributed by atoms with Crippen molar-refractivity contribution >= 4 is 21.7 Å². The number of anilines is 1. The lowest BCUT2D eigenvalue weighted by atomic mass is 10.0. The summed E-state index contributed by atoms with van der Waals surface area (Å²) in [5.41, 5.74) is 8.85. The highest BCUT2D eigenvalue weighted by Gasteiger charge is 2.23. The van der Waals surface area contributed by atoms with Gasteiger partial charge in [0.05, 0.1) is 6.20 Å². The molecule has 94 valence electrons. The van der Waals surface area contributed by atoms with Crippen LogP contribution in [0.25, 0.3) is 11.1 Å². The van der Waals surface area contributed by atoms with Crippen molar-refractivity contribution < 1.29 is 9.47 Å². The lowest BCUT2D eigenvalue weighted by Crippen LogP contribution is -1.98. The predicted molar refractivity (Wildman–Crippen MR) is 71.6 cm³/mol. The minimum absolute atomic E-state index is 0.259. The van der Waals surface area contributed by atoms with Gasteiger partial charge in [0.25, 0.3) is 0 Å². The average Bonchev–Trinajstić information content (AvgIpc) is 2.93. The molecule has 2 aromatic rings. The minimum Gasteiger partial charge on any atom is -0.454 e. The zero-order valence-corrected chi connectivity index (χ0v) is 11.6. The number of halogens is 1. The van der Waals surface area contributed by atoms with Crippen LogP contribution in [0.2, 0.25) is 0 Å². The third-order valence-electron chi connectivity index (χ3n) is 3.10. The predicted octanol–water partition coefficient (Wildman–Crippen LogP) is 2.47. The van der Waals surface area contributed by atoms with Gasteiger partial charge in [0.2, 0.25) is 6.79 Å². The average molecular weight is 310 g/mol. The second-order valence-corrected chi connectivity index (χ2v) is 4.96. The van der Waals surface area contributed by atoms with Gasteiger partial charge in [0, 0.05) is 28.2 Å². The highest BCUT2D eigenvalue weighted by molar-refractivity contribution is 9.10. The Bertz CT molecular complexity index is 637. The molecular weight excluding hydrogens is 298 g/mol. The lowest BCUT2D eigenvalue weighted by Gasteiger charge is -2.09. The molecule has 0 amide bonds. The Kier molecular flexibility index (Phi) is 2.48. The first kappa shape index (κ1) is 11.4. The van der Waals surface area contributed by atoms with Crippen LogP contribution in [0.1, 0.15) is 5.56 Å². The standard InChI is InChI=1S/C12H12BrN3O2/c1-6-10(13)7(3-9-11(6)18-5-17-9)8-4-15-16(2)12(8)14/h3-4H,5,14H2,1-2H3. The van der Waals surface area contributed by atoms with E-state index in [9.17, 15) is 0 Å². The van der Waals surface area contributed by atoms with Crippen molar-refractivity contribution in [2.24, 2.45) is 7.05 Å². The SMILES string of the molecule is Cc1c(Br)c(-c2cnn(C)c2N)cc2c1OCO2. The molecule has 0 unspecified atom stereocenters. The number of benzene rings is 1. The van der Waals surface area contributed by atoms with Crippen molar-refractivity contribution in [3.63, 3.8) is 0 Å². The molecule has 6 heteroatoms. The number of nitrogen functional groups attached to an aromatic ring is 1. The van der Waals surface area contributed by atoms with E-state index in [0.29, 0.717) is 5.82 Å². The molecule has 1 aliphatic heterocycles. The van der Waals surface area contributed by atoms with Gasteiger partial charge in [-0.25, -0.2) is 0 Å². The number of nitrogens with zero attached hydrogens (tertiary/aromatic N) is 2. The fraction of sp³-hybridized carbons (Fsp3) is 0.250. The van der Waals surface area contributed by atoms with Crippen LogP contribution in [-0.2, 0) is 7.05 Å². The van der Waals surface area contributed by atoms with Gasteiger partial charge in [0.15, 0.2) is 11.5 Å². The highest BCUT2D eigenvalue weighted by atomic mass is 79.9. The van der Waals surface area contributed by atoms with Crippen LogP contribution in [0.5, 0.6) is 11.5 Å². The Balaban J connectivity index is 2.25. The summed E-state index contributed by atoms with van der Waals surface area (Å²) in [6.45, 7) is 2.24. The van der Waals surface area contributed by atoms with E-state index in [1.54, 1.807) is 10.9 Å². The molecule has 18 heavy (non-hydrogen) atoms. The smallest absolute Gasteiger partial charge is 0.231 e. The van der Waals surface area contributed by atoms with Gasteiger partial charge in [-0.05, 0) is 28.9 Å². The summed E-state index contributed by atoms with van der Waals surface area (Å²) < 4.78 is 13.5. The molecular formula is C12H12BrN3O2. The van der Waals surface area contributed by atoms with Crippen LogP contribution in [0.4, 0.5) is 5.82 Å². The van der Waals surface area contributed by atoms with Crippen molar-refractivity contribution in [2.75, 3.05) is 12.5 Å². The Morgan fingerprint density at radius 3 is 2.83 bits per heavy atom. The van der Waals surface area contributed by atoms with Crippen LogP contribution < -0.4 is 15.2 Å².